The Morgan fingerprint density at radius 1 is 1.41 bits per heavy atom. The van der Waals surface area contributed by atoms with Gasteiger partial charge in [0.1, 0.15) is 0 Å². The van der Waals surface area contributed by atoms with Crippen LogP contribution in [-0.2, 0) is 11.8 Å². The average molecular weight is 300 g/mol. The van der Waals surface area contributed by atoms with Crippen molar-refractivity contribution in [1.29, 1.82) is 0 Å². The second kappa shape index (κ2) is 5.88. The Morgan fingerprint density at radius 2 is 2.23 bits per heavy atom. The lowest BCUT2D eigenvalue weighted by Gasteiger charge is -2.35. The second-order valence-corrected chi connectivity index (χ2v) is 5.65. The highest BCUT2D eigenvalue weighted by Gasteiger charge is 2.23. The van der Waals surface area contributed by atoms with Gasteiger partial charge in [0.25, 0.3) is 5.56 Å². The van der Waals surface area contributed by atoms with Crippen molar-refractivity contribution in [2.75, 3.05) is 24.7 Å². The molecule has 2 aromatic heterocycles. The van der Waals surface area contributed by atoms with Crippen LogP contribution in [0.4, 0.5) is 5.95 Å². The molecule has 0 unspecified atom stereocenters. The largest absolute Gasteiger partial charge is 0.377 e. The summed E-state index contributed by atoms with van der Waals surface area (Å²) in [5.74, 6) is 0.689. The van der Waals surface area contributed by atoms with Crippen LogP contribution in [0.3, 0.4) is 0 Å². The van der Waals surface area contributed by atoms with Crippen LogP contribution in [0.15, 0.2) is 29.3 Å². The molecule has 0 radical (unpaired) electrons. The highest BCUT2D eigenvalue weighted by molar-refractivity contribution is 5.63. The van der Waals surface area contributed by atoms with Gasteiger partial charge in [-0.3, -0.25) is 14.3 Å². The number of hydrogen-bond acceptors (Lipinski definition) is 5. The highest BCUT2D eigenvalue weighted by atomic mass is 16.5. The lowest BCUT2D eigenvalue weighted by atomic mass is 10.1. The number of pyridine rings is 1. The van der Waals surface area contributed by atoms with Crippen LogP contribution in [0.5, 0.6) is 0 Å². The molecule has 1 saturated heterocycles. The standard InChI is InChI=1S/C16H20N4O2/c1-11-9-17-5-4-13(11)14-8-15(21)19(3)16(18-14)20-6-7-22-10-12(20)2/h4-5,8-9,12H,6-7,10H2,1-3H3/t12-/m1/s1. The summed E-state index contributed by atoms with van der Waals surface area (Å²) < 4.78 is 7.07. The van der Waals surface area contributed by atoms with E-state index < -0.39 is 0 Å². The fourth-order valence-electron chi connectivity index (χ4n) is 2.71. The summed E-state index contributed by atoms with van der Waals surface area (Å²) in [7, 11) is 1.76. The fraction of sp³-hybridized carbons (Fsp3) is 0.438. The van der Waals surface area contributed by atoms with Gasteiger partial charge in [-0.25, -0.2) is 4.98 Å². The molecule has 1 aliphatic rings. The molecule has 6 nitrogen and oxygen atoms in total. The number of aryl methyl sites for hydroxylation is 1. The van der Waals surface area contributed by atoms with Crippen molar-refractivity contribution >= 4 is 5.95 Å². The third-order valence-electron chi connectivity index (χ3n) is 4.03. The molecule has 0 amide bonds. The third-order valence-corrected chi connectivity index (χ3v) is 4.03. The smallest absolute Gasteiger partial charge is 0.255 e. The number of rotatable bonds is 2. The van der Waals surface area contributed by atoms with E-state index in [2.05, 4.69) is 16.8 Å². The van der Waals surface area contributed by atoms with Crippen molar-refractivity contribution in [2.24, 2.45) is 7.05 Å². The summed E-state index contributed by atoms with van der Waals surface area (Å²) in [6.45, 7) is 6.08. The van der Waals surface area contributed by atoms with Crippen molar-refractivity contribution in [3.05, 3.63) is 40.4 Å². The maximum Gasteiger partial charge on any atom is 0.255 e. The minimum atomic E-state index is -0.0603. The molecule has 0 spiro atoms. The van der Waals surface area contributed by atoms with Crippen molar-refractivity contribution in [2.45, 2.75) is 19.9 Å². The summed E-state index contributed by atoms with van der Waals surface area (Å²) in [4.78, 5) is 23.3. The summed E-state index contributed by atoms with van der Waals surface area (Å²) in [6, 6.07) is 3.67. The number of hydrogen-bond donors (Lipinski definition) is 0. The molecule has 116 valence electrons. The van der Waals surface area contributed by atoms with Crippen molar-refractivity contribution < 1.29 is 4.74 Å². The summed E-state index contributed by atoms with van der Waals surface area (Å²) in [5.41, 5.74) is 2.57. The zero-order chi connectivity index (χ0) is 15.7. The van der Waals surface area contributed by atoms with E-state index in [0.717, 1.165) is 17.7 Å². The SMILES string of the molecule is Cc1cnccc1-c1cc(=O)n(C)c(N2CCOC[C@H]2C)n1. The molecule has 3 heterocycles. The Hall–Kier alpha value is -2.21. The van der Waals surface area contributed by atoms with Crippen LogP contribution in [0.1, 0.15) is 12.5 Å². The van der Waals surface area contributed by atoms with Crippen LogP contribution in [0.25, 0.3) is 11.3 Å². The molecule has 0 aliphatic carbocycles. The molecule has 3 rings (SSSR count). The molecular weight excluding hydrogens is 280 g/mol. The van der Waals surface area contributed by atoms with Gasteiger partial charge in [0.05, 0.1) is 24.9 Å². The molecule has 0 bridgehead atoms. The lowest BCUT2D eigenvalue weighted by Crippen LogP contribution is -2.46. The molecule has 22 heavy (non-hydrogen) atoms. The molecule has 6 heteroatoms. The summed E-state index contributed by atoms with van der Waals surface area (Å²) in [6.07, 6.45) is 3.50. The van der Waals surface area contributed by atoms with Crippen LogP contribution < -0.4 is 10.5 Å². The number of anilines is 1. The number of nitrogens with zero attached hydrogens (tertiary/aromatic N) is 4. The minimum absolute atomic E-state index is 0.0603. The van der Waals surface area contributed by atoms with Gasteiger partial charge in [0, 0.05) is 37.6 Å². The van der Waals surface area contributed by atoms with E-state index in [0.29, 0.717) is 24.9 Å². The van der Waals surface area contributed by atoms with E-state index in [1.165, 1.54) is 0 Å². The first-order chi connectivity index (χ1) is 10.6. The van der Waals surface area contributed by atoms with Crippen molar-refractivity contribution in [1.82, 2.24) is 14.5 Å². The zero-order valence-corrected chi connectivity index (χ0v) is 13.1. The van der Waals surface area contributed by atoms with E-state index >= 15 is 0 Å². The molecule has 0 N–H and O–H groups in total. The monoisotopic (exact) mass is 300 g/mol. The number of morpholine rings is 1. The van der Waals surface area contributed by atoms with Crippen molar-refractivity contribution in [3.8, 4) is 11.3 Å². The predicted molar refractivity (Wildman–Crippen MR) is 85.1 cm³/mol. The van der Waals surface area contributed by atoms with E-state index in [1.807, 2.05) is 13.0 Å². The first kappa shape index (κ1) is 14.7. The lowest BCUT2D eigenvalue weighted by molar-refractivity contribution is 0.0976. The first-order valence-corrected chi connectivity index (χ1v) is 7.41. The quantitative estimate of drug-likeness (QED) is 0.838. The van der Waals surface area contributed by atoms with Gasteiger partial charge in [0.15, 0.2) is 0 Å². The van der Waals surface area contributed by atoms with E-state index in [1.54, 1.807) is 30.1 Å². The molecule has 2 aromatic rings. The second-order valence-electron chi connectivity index (χ2n) is 5.65. The molecular formula is C16H20N4O2. The van der Waals surface area contributed by atoms with Crippen molar-refractivity contribution in [3.63, 3.8) is 0 Å². The van der Waals surface area contributed by atoms with Crippen LogP contribution in [0, 0.1) is 6.92 Å². The van der Waals surface area contributed by atoms with E-state index in [-0.39, 0.29) is 11.6 Å². The normalized spacial score (nSPS) is 18.5. The third kappa shape index (κ3) is 2.62. The summed E-state index contributed by atoms with van der Waals surface area (Å²) >= 11 is 0. The maximum absolute atomic E-state index is 12.3. The fourth-order valence-corrected chi connectivity index (χ4v) is 2.71. The molecule has 1 fully saturated rings. The van der Waals surface area contributed by atoms with Gasteiger partial charge < -0.3 is 9.64 Å². The van der Waals surface area contributed by atoms with Gasteiger partial charge in [0.2, 0.25) is 5.95 Å². The Labute approximate surface area is 129 Å². The van der Waals surface area contributed by atoms with E-state index in [4.69, 9.17) is 9.72 Å². The van der Waals surface area contributed by atoms with E-state index in [9.17, 15) is 4.79 Å². The molecule has 0 saturated carbocycles. The number of aromatic nitrogens is 3. The van der Waals surface area contributed by atoms with Gasteiger partial charge in [-0.1, -0.05) is 0 Å². The maximum atomic E-state index is 12.3. The number of ether oxygens (including phenoxy) is 1. The summed E-state index contributed by atoms with van der Waals surface area (Å²) in [5, 5.41) is 0. The minimum Gasteiger partial charge on any atom is -0.377 e. The zero-order valence-electron chi connectivity index (χ0n) is 13.1. The van der Waals surface area contributed by atoms with Crippen LogP contribution in [-0.4, -0.2) is 40.3 Å². The average Bonchev–Trinajstić information content (AvgIpc) is 2.51. The van der Waals surface area contributed by atoms with Gasteiger partial charge in [-0.05, 0) is 25.5 Å². The Kier molecular flexibility index (Phi) is 3.94. The van der Waals surface area contributed by atoms with Crippen LogP contribution >= 0.6 is 0 Å². The Bertz CT molecular complexity index is 741. The Balaban J connectivity index is 2.11. The first-order valence-electron chi connectivity index (χ1n) is 7.41. The van der Waals surface area contributed by atoms with Gasteiger partial charge >= 0.3 is 0 Å². The van der Waals surface area contributed by atoms with Gasteiger partial charge in [-0.2, -0.15) is 0 Å². The van der Waals surface area contributed by atoms with Crippen LogP contribution in [0.2, 0.25) is 0 Å². The van der Waals surface area contributed by atoms with Gasteiger partial charge in [-0.15, -0.1) is 0 Å². The molecule has 1 aliphatic heterocycles. The predicted octanol–water partition coefficient (Wildman–Crippen LogP) is 1.38. The topological polar surface area (TPSA) is 60.2 Å². The Morgan fingerprint density at radius 3 is 2.95 bits per heavy atom. The molecule has 0 aromatic carbocycles. The molecule has 1 atom stereocenters. The highest BCUT2D eigenvalue weighted by Crippen LogP contribution is 2.23.